The average Bonchev–Trinajstić information content (AvgIpc) is 2.57. The van der Waals surface area contributed by atoms with Crippen LogP contribution in [0.1, 0.15) is 74.3 Å². The van der Waals surface area contributed by atoms with Gasteiger partial charge in [0.1, 0.15) is 11.0 Å². The van der Waals surface area contributed by atoms with Gasteiger partial charge in [-0.25, -0.2) is 4.21 Å². The third-order valence-electron chi connectivity index (χ3n) is 4.99. The molecule has 5 nitrogen and oxygen atoms in total. The molecular weight excluding hydrogens is 374 g/mol. The summed E-state index contributed by atoms with van der Waals surface area (Å²) in [6.45, 7) is 16.8. The molecule has 0 fully saturated rings. The van der Waals surface area contributed by atoms with Crippen molar-refractivity contribution < 1.29 is 18.5 Å². The van der Waals surface area contributed by atoms with E-state index >= 15 is 0 Å². The van der Waals surface area contributed by atoms with Crippen LogP contribution in [-0.4, -0.2) is 21.7 Å². The minimum Gasteiger partial charge on any atom is -0.459 e. The molecule has 6 heteroatoms. The minimum atomic E-state index is -1.77. The fourth-order valence-electron chi connectivity index (χ4n) is 2.64. The van der Waals surface area contributed by atoms with Crippen LogP contribution in [0.5, 0.6) is 0 Å². The van der Waals surface area contributed by atoms with Crippen molar-refractivity contribution >= 4 is 22.9 Å². The Morgan fingerprint density at radius 1 is 1.11 bits per heavy atom. The van der Waals surface area contributed by atoms with Gasteiger partial charge < -0.3 is 4.74 Å². The third kappa shape index (κ3) is 5.90. The summed E-state index contributed by atoms with van der Waals surface area (Å²) in [5.74, 6) is -1.47. The van der Waals surface area contributed by atoms with Gasteiger partial charge >= 0.3 is 5.97 Å². The summed E-state index contributed by atoms with van der Waals surface area (Å²) in [5.41, 5.74) is -1.23. The van der Waals surface area contributed by atoms with Crippen molar-refractivity contribution in [2.75, 3.05) is 0 Å². The van der Waals surface area contributed by atoms with E-state index in [1.807, 2.05) is 32.0 Å². The molecule has 2 unspecified atom stereocenters. The molecule has 158 valence electrons. The predicted octanol–water partition coefficient (Wildman–Crippen LogP) is 4.52. The number of carbonyl (C=O) groups excluding carboxylic acids is 2. The summed E-state index contributed by atoms with van der Waals surface area (Å²) >= 11 is 0. The molecule has 1 rings (SSSR count). The van der Waals surface area contributed by atoms with E-state index in [1.165, 1.54) is 0 Å². The Kier molecular flexibility index (Phi) is 7.62. The van der Waals surface area contributed by atoms with E-state index < -0.39 is 33.9 Å². The zero-order valence-electron chi connectivity index (χ0n) is 18.6. The van der Waals surface area contributed by atoms with Crippen LogP contribution >= 0.6 is 0 Å². The van der Waals surface area contributed by atoms with Crippen LogP contribution in [0.2, 0.25) is 0 Å². The normalized spacial score (nSPS) is 16.6. The van der Waals surface area contributed by atoms with Gasteiger partial charge in [-0.15, -0.1) is 0 Å². The molecule has 28 heavy (non-hydrogen) atoms. The third-order valence-corrected chi connectivity index (χ3v) is 6.04. The van der Waals surface area contributed by atoms with Crippen LogP contribution in [0.4, 0.5) is 0 Å². The maximum absolute atomic E-state index is 13.1. The number of hydrogen-bond donors (Lipinski definition) is 1. The topological polar surface area (TPSA) is 72.5 Å². The number of nitrogens with one attached hydrogen (secondary N) is 1. The molecule has 1 aromatic carbocycles. The molecule has 0 aromatic heterocycles. The van der Waals surface area contributed by atoms with E-state index in [4.69, 9.17) is 4.74 Å². The lowest BCUT2D eigenvalue weighted by atomic mass is 9.76. The molecule has 0 aliphatic carbocycles. The molecule has 1 N–H and O–H groups in total. The van der Waals surface area contributed by atoms with Crippen molar-refractivity contribution in [2.24, 2.45) is 11.3 Å². The first-order valence-corrected chi connectivity index (χ1v) is 10.8. The number of amides is 1. The van der Waals surface area contributed by atoms with E-state index in [0.717, 1.165) is 5.56 Å². The highest BCUT2D eigenvalue weighted by atomic mass is 32.2. The lowest BCUT2D eigenvalue weighted by molar-refractivity contribution is -0.173. The lowest BCUT2D eigenvalue weighted by Crippen LogP contribution is -2.51. The highest BCUT2D eigenvalue weighted by Gasteiger charge is 2.48. The summed E-state index contributed by atoms with van der Waals surface area (Å²) in [5, 5.41) is 0. The van der Waals surface area contributed by atoms with E-state index in [1.54, 1.807) is 33.8 Å². The minimum absolute atomic E-state index is 0.105. The second kappa shape index (κ2) is 8.76. The highest BCUT2D eigenvalue weighted by molar-refractivity contribution is 7.83. The van der Waals surface area contributed by atoms with Gasteiger partial charge in [-0.2, -0.15) is 0 Å². The molecule has 0 aliphatic heterocycles. The van der Waals surface area contributed by atoms with Gasteiger partial charge in [0.15, 0.2) is 11.0 Å². The Labute approximate surface area is 172 Å². The van der Waals surface area contributed by atoms with Crippen molar-refractivity contribution in [2.45, 2.75) is 84.6 Å². The summed E-state index contributed by atoms with van der Waals surface area (Å²) in [4.78, 5) is 26.4. The molecule has 0 saturated heterocycles. The summed E-state index contributed by atoms with van der Waals surface area (Å²) in [6.07, 6.45) is 0.606. The Bertz CT molecular complexity index is 746. The number of rotatable bonds is 6. The largest absolute Gasteiger partial charge is 0.459 e. The fraction of sp³-hybridized carbons (Fsp3) is 0.636. The number of benzene rings is 1. The Morgan fingerprint density at radius 3 is 2.14 bits per heavy atom. The quantitative estimate of drug-likeness (QED) is 0.554. The van der Waals surface area contributed by atoms with Gasteiger partial charge in [-0.1, -0.05) is 53.2 Å². The van der Waals surface area contributed by atoms with Crippen LogP contribution in [0.15, 0.2) is 29.2 Å². The molecule has 0 heterocycles. The van der Waals surface area contributed by atoms with Gasteiger partial charge in [-0.3, -0.25) is 14.3 Å². The fourth-order valence-corrected chi connectivity index (χ4v) is 3.57. The van der Waals surface area contributed by atoms with Crippen LogP contribution in [0, 0.1) is 11.3 Å². The van der Waals surface area contributed by atoms with Crippen molar-refractivity contribution in [1.29, 1.82) is 0 Å². The van der Waals surface area contributed by atoms with E-state index in [-0.39, 0.29) is 11.3 Å². The van der Waals surface area contributed by atoms with Crippen LogP contribution < -0.4 is 4.72 Å². The Hall–Kier alpha value is -1.69. The van der Waals surface area contributed by atoms with Crippen molar-refractivity contribution in [3.63, 3.8) is 0 Å². The number of carbonyl (C=O) groups is 2. The molecule has 1 aromatic rings. The summed E-state index contributed by atoms with van der Waals surface area (Å²) in [7, 11) is -1.77. The number of esters is 1. The highest BCUT2D eigenvalue weighted by Crippen LogP contribution is 2.34. The molecule has 1 amide bonds. The van der Waals surface area contributed by atoms with E-state index in [0.29, 0.717) is 11.3 Å². The maximum atomic E-state index is 13.1. The first-order chi connectivity index (χ1) is 12.6. The van der Waals surface area contributed by atoms with Gasteiger partial charge in [-0.05, 0) is 56.7 Å². The molecule has 0 radical (unpaired) electrons. The number of ether oxygens (including phenoxy) is 1. The molecule has 0 spiro atoms. The standard InChI is InChI=1S/C22H35NO4S/c1-10-15(2)22(9,19(25)27-21(6,7)8)18(24)23-28(26)17-13-11-12-16(14-17)20(3,4)5/h11-15H,10H2,1-9H3,(H,23,24)/t15-,22?,28?/m0/s1. The first kappa shape index (κ1) is 24.3. The van der Waals surface area contributed by atoms with Gasteiger partial charge in [0.05, 0.1) is 4.90 Å². The molecule has 0 bridgehead atoms. The summed E-state index contributed by atoms with van der Waals surface area (Å²) in [6, 6.07) is 7.32. The average molecular weight is 410 g/mol. The van der Waals surface area contributed by atoms with Crippen molar-refractivity contribution in [1.82, 2.24) is 4.72 Å². The zero-order valence-corrected chi connectivity index (χ0v) is 19.5. The van der Waals surface area contributed by atoms with Crippen LogP contribution in [-0.2, 0) is 30.7 Å². The smallest absolute Gasteiger partial charge is 0.322 e. The Balaban J connectivity index is 3.15. The summed E-state index contributed by atoms with van der Waals surface area (Å²) < 4.78 is 20.9. The second-order valence-corrected chi connectivity index (χ2v) is 10.7. The predicted molar refractivity (Wildman–Crippen MR) is 113 cm³/mol. The maximum Gasteiger partial charge on any atom is 0.322 e. The number of hydrogen-bond acceptors (Lipinski definition) is 4. The van der Waals surface area contributed by atoms with Crippen LogP contribution in [0.25, 0.3) is 0 Å². The molecule has 0 aliphatic rings. The molecule has 0 saturated carbocycles. The zero-order chi connectivity index (χ0) is 21.9. The van der Waals surface area contributed by atoms with Gasteiger partial charge in [0.25, 0.3) is 0 Å². The second-order valence-electron chi connectivity index (χ2n) is 9.49. The van der Waals surface area contributed by atoms with E-state index in [9.17, 15) is 13.8 Å². The van der Waals surface area contributed by atoms with Gasteiger partial charge in [0, 0.05) is 0 Å². The van der Waals surface area contributed by atoms with E-state index in [2.05, 4.69) is 25.5 Å². The SMILES string of the molecule is CC[C@H](C)C(C)(C(=O)NS(=O)c1cccc(C(C)(C)C)c1)C(=O)OC(C)(C)C. The molecule has 3 atom stereocenters. The Morgan fingerprint density at radius 2 is 1.68 bits per heavy atom. The van der Waals surface area contributed by atoms with Crippen LogP contribution in [0.3, 0.4) is 0 Å². The first-order valence-electron chi connectivity index (χ1n) is 9.69. The lowest BCUT2D eigenvalue weighted by Gasteiger charge is -2.34. The monoisotopic (exact) mass is 409 g/mol. The van der Waals surface area contributed by atoms with Crippen molar-refractivity contribution in [3.05, 3.63) is 29.8 Å². The van der Waals surface area contributed by atoms with Crippen molar-refractivity contribution in [3.8, 4) is 0 Å². The van der Waals surface area contributed by atoms with Gasteiger partial charge in [0.2, 0.25) is 5.91 Å². The molecular formula is C22H35NO4S.